The van der Waals surface area contributed by atoms with Crippen molar-refractivity contribution in [3.63, 3.8) is 0 Å². The maximum absolute atomic E-state index is 12.6. The number of nitrogens with one attached hydrogen (secondary N) is 1. The molecular weight excluding hydrogens is 454 g/mol. The van der Waals surface area contributed by atoms with E-state index in [0.717, 1.165) is 17.7 Å². The standard InChI is InChI=1S/C25H27N3O5S/c1-17-4-10-21(11-5-17)34(30,31)33-22-12-8-19(14-23(22)32-3)9-13-24(29)27-25-18(2)15-26-28(25)16-20-6-7-20/h4-5,8-15,20H,6-7,16H2,1-3H3,(H,27,29)/b13-9+. The molecule has 1 saturated carbocycles. The first kappa shape index (κ1) is 23.6. The summed E-state index contributed by atoms with van der Waals surface area (Å²) in [6.45, 7) is 4.58. The van der Waals surface area contributed by atoms with Crippen molar-refractivity contribution in [2.24, 2.45) is 5.92 Å². The third-order valence-electron chi connectivity index (χ3n) is 5.52. The summed E-state index contributed by atoms with van der Waals surface area (Å²) in [6, 6.07) is 11.1. The van der Waals surface area contributed by atoms with Crippen molar-refractivity contribution in [3.8, 4) is 11.5 Å². The summed E-state index contributed by atoms with van der Waals surface area (Å²) in [4.78, 5) is 12.6. The van der Waals surface area contributed by atoms with E-state index in [1.807, 2.05) is 18.5 Å². The first-order valence-corrected chi connectivity index (χ1v) is 12.4. The first-order valence-electron chi connectivity index (χ1n) is 11.0. The predicted molar refractivity (Wildman–Crippen MR) is 129 cm³/mol. The van der Waals surface area contributed by atoms with E-state index >= 15 is 0 Å². The van der Waals surface area contributed by atoms with Crippen LogP contribution in [-0.2, 0) is 21.5 Å². The number of aryl methyl sites for hydroxylation is 2. The number of hydrogen-bond acceptors (Lipinski definition) is 6. The van der Waals surface area contributed by atoms with Crippen LogP contribution in [0.25, 0.3) is 6.08 Å². The molecule has 0 spiro atoms. The minimum Gasteiger partial charge on any atom is -0.493 e. The quantitative estimate of drug-likeness (QED) is 0.361. The fourth-order valence-corrected chi connectivity index (χ4v) is 4.32. The van der Waals surface area contributed by atoms with Gasteiger partial charge in [-0.15, -0.1) is 0 Å². The van der Waals surface area contributed by atoms with E-state index in [1.165, 1.54) is 44.2 Å². The van der Waals surface area contributed by atoms with Gasteiger partial charge in [-0.3, -0.25) is 4.79 Å². The molecular formula is C25H27N3O5S. The average Bonchev–Trinajstić information content (AvgIpc) is 3.57. The molecule has 8 nitrogen and oxygen atoms in total. The van der Waals surface area contributed by atoms with Gasteiger partial charge in [0.05, 0.1) is 13.3 Å². The maximum Gasteiger partial charge on any atom is 0.339 e. The van der Waals surface area contributed by atoms with Crippen LogP contribution in [0.1, 0.15) is 29.5 Å². The van der Waals surface area contributed by atoms with E-state index in [0.29, 0.717) is 17.3 Å². The van der Waals surface area contributed by atoms with Gasteiger partial charge in [-0.1, -0.05) is 23.8 Å². The van der Waals surface area contributed by atoms with E-state index in [-0.39, 0.29) is 22.3 Å². The highest BCUT2D eigenvalue weighted by Crippen LogP contribution is 2.32. The Morgan fingerprint density at radius 2 is 1.88 bits per heavy atom. The van der Waals surface area contributed by atoms with E-state index in [4.69, 9.17) is 8.92 Å². The van der Waals surface area contributed by atoms with Crippen LogP contribution in [0, 0.1) is 19.8 Å². The number of rotatable bonds is 9. The molecule has 0 radical (unpaired) electrons. The zero-order valence-corrected chi connectivity index (χ0v) is 20.1. The van der Waals surface area contributed by atoms with Crippen molar-refractivity contribution >= 4 is 27.9 Å². The number of aromatic nitrogens is 2. The van der Waals surface area contributed by atoms with Crippen molar-refractivity contribution < 1.29 is 22.1 Å². The molecule has 1 fully saturated rings. The number of nitrogens with zero attached hydrogens (tertiary/aromatic N) is 2. The molecule has 1 aliphatic carbocycles. The molecule has 178 valence electrons. The topological polar surface area (TPSA) is 99.5 Å². The molecule has 0 unspecified atom stereocenters. The van der Waals surface area contributed by atoms with Crippen molar-refractivity contribution in [3.05, 3.63) is 71.4 Å². The summed E-state index contributed by atoms with van der Waals surface area (Å²) >= 11 is 0. The van der Waals surface area contributed by atoms with Gasteiger partial charge in [0.15, 0.2) is 11.5 Å². The highest BCUT2D eigenvalue weighted by molar-refractivity contribution is 7.87. The lowest BCUT2D eigenvalue weighted by atomic mass is 10.2. The van der Waals surface area contributed by atoms with E-state index in [9.17, 15) is 13.2 Å². The number of methoxy groups -OCH3 is 1. The van der Waals surface area contributed by atoms with Gasteiger partial charge < -0.3 is 14.2 Å². The molecule has 1 heterocycles. The third-order valence-corrected chi connectivity index (χ3v) is 6.76. The lowest BCUT2D eigenvalue weighted by molar-refractivity contribution is -0.111. The van der Waals surface area contributed by atoms with Crippen molar-refractivity contribution in [1.82, 2.24) is 9.78 Å². The normalized spacial score (nSPS) is 13.7. The smallest absolute Gasteiger partial charge is 0.339 e. The van der Waals surface area contributed by atoms with Crippen LogP contribution < -0.4 is 14.2 Å². The Morgan fingerprint density at radius 1 is 1.15 bits per heavy atom. The summed E-state index contributed by atoms with van der Waals surface area (Å²) in [5.41, 5.74) is 2.50. The summed E-state index contributed by atoms with van der Waals surface area (Å²) in [5, 5.41) is 7.25. The zero-order valence-electron chi connectivity index (χ0n) is 19.3. The minimum atomic E-state index is -4.01. The highest BCUT2D eigenvalue weighted by Gasteiger charge is 2.24. The van der Waals surface area contributed by atoms with Crippen LogP contribution in [0.4, 0.5) is 5.82 Å². The molecule has 1 amide bonds. The predicted octanol–water partition coefficient (Wildman–Crippen LogP) is 4.34. The van der Waals surface area contributed by atoms with Crippen LogP contribution in [0.15, 0.2) is 59.6 Å². The third kappa shape index (κ3) is 5.66. The summed E-state index contributed by atoms with van der Waals surface area (Å²) in [7, 11) is -2.59. The van der Waals surface area contributed by atoms with Crippen molar-refractivity contribution in [2.75, 3.05) is 12.4 Å². The Balaban J connectivity index is 1.45. The van der Waals surface area contributed by atoms with Crippen molar-refractivity contribution in [2.45, 2.75) is 38.1 Å². The maximum atomic E-state index is 12.6. The van der Waals surface area contributed by atoms with Gasteiger partial charge in [0.25, 0.3) is 0 Å². The zero-order chi connectivity index (χ0) is 24.3. The number of carbonyl (C=O) groups excluding carboxylic acids is 1. The SMILES string of the molecule is COc1cc(/C=C/C(=O)Nc2c(C)cnn2CC2CC2)ccc1OS(=O)(=O)c1ccc(C)cc1. The molecule has 4 rings (SSSR count). The van der Waals surface area contributed by atoms with Gasteiger partial charge in [0.1, 0.15) is 10.7 Å². The number of hydrogen-bond donors (Lipinski definition) is 1. The molecule has 0 bridgehead atoms. The highest BCUT2D eigenvalue weighted by atomic mass is 32.2. The van der Waals surface area contributed by atoms with Crippen LogP contribution in [-0.4, -0.2) is 31.2 Å². The van der Waals surface area contributed by atoms with Crippen LogP contribution in [0.3, 0.4) is 0 Å². The Kier molecular flexibility index (Phi) is 6.74. The lowest BCUT2D eigenvalue weighted by Crippen LogP contribution is -2.14. The average molecular weight is 482 g/mol. The Labute approximate surface area is 199 Å². The minimum absolute atomic E-state index is 0.0528. The van der Waals surface area contributed by atoms with Crippen LogP contribution >= 0.6 is 0 Å². The Hall–Kier alpha value is -3.59. The molecule has 0 atom stereocenters. The summed E-state index contributed by atoms with van der Waals surface area (Å²) in [6.07, 6.45) is 7.16. The molecule has 0 saturated heterocycles. The Bertz CT molecular complexity index is 1320. The summed E-state index contributed by atoms with van der Waals surface area (Å²) < 4.78 is 37.7. The molecule has 9 heteroatoms. The second-order valence-electron chi connectivity index (χ2n) is 8.39. The number of benzene rings is 2. The van der Waals surface area contributed by atoms with Crippen molar-refractivity contribution in [1.29, 1.82) is 0 Å². The number of amides is 1. The largest absolute Gasteiger partial charge is 0.493 e. The van der Waals surface area contributed by atoms with Gasteiger partial charge in [0.2, 0.25) is 5.91 Å². The van der Waals surface area contributed by atoms with E-state index in [1.54, 1.807) is 36.5 Å². The fourth-order valence-electron chi connectivity index (χ4n) is 3.38. The number of ether oxygens (including phenoxy) is 1. The van der Waals surface area contributed by atoms with Crippen LogP contribution in [0.5, 0.6) is 11.5 Å². The Morgan fingerprint density at radius 3 is 2.56 bits per heavy atom. The van der Waals surface area contributed by atoms with Gasteiger partial charge in [-0.25, -0.2) is 4.68 Å². The fraction of sp³-hybridized carbons (Fsp3) is 0.280. The number of carbonyl (C=O) groups is 1. The lowest BCUT2D eigenvalue weighted by Gasteiger charge is -2.11. The van der Waals surface area contributed by atoms with E-state index < -0.39 is 10.1 Å². The van der Waals surface area contributed by atoms with Gasteiger partial charge >= 0.3 is 10.1 Å². The van der Waals surface area contributed by atoms with Gasteiger partial charge in [0, 0.05) is 18.2 Å². The monoisotopic (exact) mass is 481 g/mol. The summed E-state index contributed by atoms with van der Waals surface area (Å²) in [5.74, 6) is 1.33. The van der Waals surface area contributed by atoms with Crippen LogP contribution in [0.2, 0.25) is 0 Å². The molecule has 0 aliphatic heterocycles. The second-order valence-corrected chi connectivity index (χ2v) is 9.93. The van der Waals surface area contributed by atoms with Gasteiger partial charge in [-0.05, 0) is 68.5 Å². The molecule has 1 N–H and O–H groups in total. The molecule has 2 aromatic carbocycles. The van der Waals surface area contributed by atoms with Gasteiger partial charge in [-0.2, -0.15) is 13.5 Å². The molecule has 1 aromatic heterocycles. The second kappa shape index (κ2) is 9.72. The molecule has 3 aromatic rings. The molecule has 1 aliphatic rings. The first-order chi connectivity index (χ1) is 16.2. The molecule has 34 heavy (non-hydrogen) atoms. The number of anilines is 1. The van der Waals surface area contributed by atoms with E-state index in [2.05, 4.69) is 10.4 Å².